The maximum absolute atomic E-state index is 14.2. The number of halogens is 2. The number of carbonyl (C=O) groups is 1. The van der Waals surface area contributed by atoms with Crippen LogP contribution in [-0.2, 0) is 12.8 Å². The van der Waals surface area contributed by atoms with Gasteiger partial charge < -0.3 is 19.6 Å². The predicted octanol–water partition coefficient (Wildman–Crippen LogP) is 5.14. The van der Waals surface area contributed by atoms with E-state index in [0.29, 0.717) is 24.2 Å². The first-order valence-corrected chi connectivity index (χ1v) is 11.5. The van der Waals surface area contributed by atoms with Gasteiger partial charge in [-0.25, -0.2) is 4.39 Å². The molecule has 1 amide bonds. The molecule has 4 rings (SSSR count). The lowest BCUT2D eigenvalue weighted by Crippen LogP contribution is -2.44. The van der Waals surface area contributed by atoms with Crippen LogP contribution in [-0.4, -0.2) is 43.7 Å². The van der Waals surface area contributed by atoms with Crippen molar-refractivity contribution in [3.05, 3.63) is 59.1 Å². The van der Waals surface area contributed by atoms with Gasteiger partial charge in [0.15, 0.2) is 22.9 Å². The summed E-state index contributed by atoms with van der Waals surface area (Å²) in [4.78, 5) is 14.2. The van der Waals surface area contributed by atoms with Gasteiger partial charge in [0.2, 0.25) is 5.91 Å². The Kier molecular flexibility index (Phi) is 8.80. The van der Waals surface area contributed by atoms with Crippen LogP contribution in [0.15, 0.2) is 41.0 Å². The van der Waals surface area contributed by atoms with E-state index >= 15 is 0 Å². The van der Waals surface area contributed by atoms with Gasteiger partial charge in [0.1, 0.15) is 6.61 Å². The van der Waals surface area contributed by atoms with E-state index in [1.165, 1.54) is 17.7 Å². The highest BCUT2D eigenvalue weighted by Gasteiger charge is 2.29. The monoisotopic (exact) mass is 490 g/mol. The van der Waals surface area contributed by atoms with Crippen molar-refractivity contribution in [2.24, 2.45) is 5.73 Å². The maximum Gasteiger partial charge on any atom is 0.249 e. The minimum atomic E-state index is -0.554. The Labute approximate surface area is 205 Å². The number of fused-ring (bicyclic) bond motifs is 2. The Morgan fingerprint density at radius 1 is 1.24 bits per heavy atom. The Morgan fingerprint density at radius 2 is 2.06 bits per heavy atom. The van der Waals surface area contributed by atoms with Crippen molar-refractivity contribution >= 4 is 29.3 Å². The van der Waals surface area contributed by atoms with Gasteiger partial charge >= 0.3 is 0 Å². The van der Waals surface area contributed by atoms with Crippen LogP contribution in [0.25, 0.3) is 11.0 Å². The van der Waals surface area contributed by atoms with Crippen molar-refractivity contribution in [2.45, 2.75) is 45.1 Å². The smallest absolute Gasteiger partial charge is 0.249 e. The minimum Gasteiger partial charge on any atom is -0.493 e. The lowest BCUT2D eigenvalue weighted by Gasteiger charge is -2.35. The highest BCUT2D eigenvalue weighted by molar-refractivity contribution is 5.95. The van der Waals surface area contributed by atoms with Crippen LogP contribution in [0.4, 0.5) is 4.39 Å². The van der Waals surface area contributed by atoms with Gasteiger partial charge in [-0.1, -0.05) is 19.1 Å². The van der Waals surface area contributed by atoms with Crippen molar-refractivity contribution in [3.63, 3.8) is 0 Å². The summed E-state index contributed by atoms with van der Waals surface area (Å²) < 4.78 is 31.1. The predicted molar refractivity (Wildman–Crippen MR) is 133 cm³/mol. The van der Waals surface area contributed by atoms with E-state index in [-0.39, 0.29) is 24.2 Å². The number of nitrogens with two attached hydrogens (primary N) is 1. The van der Waals surface area contributed by atoms with Crippen molar-refractivity contribution in [1.82, 2.24) is 4.90 Å². The molecule has 0 fully saturated rings. The number of hydrogen-bond acceptors (Lipinski definition) is 5. The van der Waals surface area contributed by atoms with Crippen LogP contribution < -0.4 is 15.2 Å². The van der Waals surface area contributed by atoms with E-state index in [1.54, 1.807) is 7.11 Å². The fraction of sp³-hybridized carbons (Fsp3) is 0.423. The molecule has 2 aromatic carbocycles. The van der Waals surface area contributed by atoms with E-state index in [2.05, 4.69) is 17.9 Å². The third-order valence-corrected chi connectivity index (χ3v) is 6.37. The summed E-state index contributed by atoms with van der Waals surface area (Å²) in [6.07, 6.45) is 6.31. The van der Waals surface area contributed by atoms with Crippen LogP contribution in [0.2, 0.25) is 0 Å². The largest absolute Gasteiger partial charge is 0.493 e. The van der Waals surface area contributed by atoms with E-state index in [4.69, 9.17) is 19.6 Å². The highest BCUT2D eigenvalue weighted by atomic mass is 35.5. The molecule has 1 aromatic heterocycles. The molecule has 0 unspecified atom stereocenters. The van der Waals surface area contributed by atoms with Crippen molar-refractivity contribution in [3.8, 4) is 11.5 Å². The van der Waals surface area contributed by atoms with Gasteiger partial charge in [-0.05, 0) is 69.0 Å². The summed E-state index contributed by atoms with van der Waals surface area (Å²) in [5.41, 5.74) is 8.42. The molecule has 0 bridgehead atoms. The van der Waals surface area contributed by atoms with Gasteiger partial charge in [-0.2, -0.15) is 0 Å². The fourth-order valence-corrected chi connectivity index (χ4v) is 4.73. The number of nitrogens with zero attached hydrogens (tertiary/aromatic N) is 1. The zero-order valence-corrected chi connectivity index (χ0v) is 20.5. The number of ether oxygens (including phenoxy) is 2. The molecule has 1 aliphatic heterocycles. The SMILES string of the molecule is CCCN(CCCCc1coc2c(OC)cccc12)[C@H]1COc2c(F)ccc(C(N)=O)c2C1.Cl. The summed E-state index contributed by atoms with van der Waals surface area (Å²) >= 11 is 0. The number of carbonyl (C=O) groups excluding carboxylic acids is 1. The lowest BCUT2D eigenvalue weighted by atomic mass is 9.95. The molecule has 0 radical (unpaired) electrons. The van der Waals surface area contributed by atoms with Crippen LogP contribution in [0, 0.1) is 5.82 Å². The quantitative estimate of drug-likeness (QED) is 0.398. The summed E-state index contributed by atoms with van der Waals surface area (Å²) in [6, 6.07) is 8.73. The number of furan rings is 1. The second-order valence-corrected chi connectivity index (χ2v) is 8.53. The molecular formula is C26H32ClFN2O4. The average molecular weight is 491 g/mol. The number of benzene rings is 2. The topological polar surface area (TPSA) is 77.9 Å². The molecule has 6 nitrogen and oxygen atoms in total. The maximum atomic E-state index is 14.2. The molecular weight excluding hydrogens is 459 g/mol. The first-order chi connectivity index (χ1) is 16.0. The van der Waals surface area contributed by atoms with Gasteiger partial charge in [0, 0.05) is 22.6 Å². The first kappa shape index (κ1) is 25.8. The van der Waals surface area contributed by atoms with Crippen molar-refractivity contribution in [2.75, 3.05) is 26.8 Å². The Morgan fingerprint density at radius 3 is 2.79 bits per heavy atom. The van der Waals surface area contributed by atoms with E-state index in [1.807, 2.05) is 18.4 Å². The minimum absolute atomic E-state index is 0. The number of primary amides is 1. The molecule has 0 spiro atoms. The van der Waals surface area contributed by atoms with Crippen LogP contribution in [0.5, 0.6) is 11.5 Å². The molecule has 0 aliphatic carbocycles. The van der Waals surface area contributed by atoms with E-state index in [9.17, 15) is 9.18 Å². The Hall–Kier alpha value is -2.77. The van der Waals surface area contributed by atoms with Crippen LogP contribution in [0.1, 0.15) is 47.7 Å². The molecule has 0 saturated carbocycles. The van der Waals surface area contributed by atoms with Gasteiger partial charge in [0.25, 0.3) is 0 Å². The number of unbranched alkanes of at least 4 members (excludes halogenated alkanes) is 1. The highest BCUT2D eigenvalue weighted by Crippen LogP contribution is 2.33. The number of para-hydroxylation sites is 1. The van der Waals surface area contributed by atoms with Gasteiger partial charge in [-0.3, -0.25) is 9.69 Å². The van der Waals surface area contributed by atoms with Crippen LogP contribution in [0.3, 0.4) is 0 Å². The van der Waals surface area contributed by atoms with E-state index in [0.717, 1.165) is 55.5 Å². The molecule has 0 saturated heterocycles. The molecule has 1 atom stereocenters. The fourth-order valence-electron chi connectivity index (χ4n) is 4.73. The number of methoxy groups -OCH3 is 1. The molecule has 3 aromatic rings. The number of aryl methyl sites for hydroxylation is 1. The van der Waals surface area contributed by atoms with Gasteiger partial charge in [-0.15, -0.1) is 12.4 Å². The number of rotatable bonds is 10. The standard InChI is InChI=1S/C26H31FN2O4.ClH/c1-3-12-29(18-14-21-20(26(28)30)10-11-22(27)24(21)33-16-18)13-5-4-7-17-15-32-25-19(17)8-6-9-23(25)31-2;/h6,8-11,15,18H,3-5,7,12-14,16H2,1-2H3,(H2,28,30);1H/t18-;/m1./s1. The van der Waals surface area contributed by atoms with Gasteiger partial charge in [0.05, 0.1) is 13.4 Å². The first-order valence-electron chi connectivity index (χ1n) is 11.5. The Balaban J connectivity index is 0.00000324. The molecule has 2 N–H and O–H groups in total. The zero-order chi connectivity index (χ0) is 23.4. The molecule has 34 heavy (non-hydrogen) atoms. The summed E-state index contributed by atoms with van der Waals surface area (Å²) in [5, 5.41) is 1.10. The number of hydrogen-bond donors (Lipinski definition) is 1. The van der Waals surface area contributed by atoms with Crippen LogP contribution >= 0.6 is 12.4 Å². The molecule has 184 valence electrons. The average Bonchev–Trinajstić information content (AvgIpc) is 3.24. The Bertz CT molecular complexity index is 1130. The third-order valence-electron chi connectivity index (χ3n) is 6.37. The van der Waals surface area contributed by atoms with Crippen molar-refractivity contribution < 1.29 is 23.1 Å². The summed E-state index contributed by atoms with van der Waals surface area (Å²) in [5.74, 6) is -0.0838. The zero-order valence-electron chi connectivity index (χ0n) is 19.6. The summed E-state index contributed by atoms with van der Waals surface area (Å²) in [6.45, 7) is 4.36. The number of amides is 1. The second kappa shape index (κ2) is 11.6. The molecule has 8 heteroatoms. The second-order valence-electron chi connectivity index (χ2n) is 8.53. The third kappa shape index (κ3) is 5.31. The molecule has 2 heterocycles. The normalized spacial score (nSPS) is 15.0. The van der Waals surface area contributed by atoms with Crippen molar-refractivity contribution in [1.29, 1.82) is 0 Å². The lowest BCUT2D eigenvalue weighted by molar-refractivity contribution is 0.0984. The van der Waals surface area contributed by atoms with E-state index < -0.39 is 11.7 Å². The molecule has 1 aliphatic rings. The summed E-state index contributed by atoms with van der Waals surface area (Å²) in [7, 11) is 1.65.